The Hall–Kier alpha value is -4.06. The van der Waals surface area contributed by atoms with Crippen molar-refractivity contribution in [1.29, 1.82) is 0 Å². The molecular weight excluding hydrogens is 490 g/mol. The number of halogens is 4. The first kappa shape index (κ1) is 24.1. The van der Waals surface area contributed by atoms with Gasteiger partial charge in [0.25, 0.3) is 11.5 Å². The Morgan fingerprint density at radius 2 is 1.86 bits per heavy atom. The Morgan fingerprint density at radius 3 is 2.49 bits per heavy atom. The molecule has 1 amide bonds. The first-order chi connectivity index (χ1) is 16.6. The van der Waals surface area contributed by atoms with Crippen LogP contribution >= 0.6 is 11.3 Å². The molecule has 0 bridgehead atoms. The summed E-state index contributed by atoms with van der Waals surface area (Å²) in [6.07, 6.45) is -4.58. The number of hydrogen-bond acceptors (Lipinski definition) is 6. The molecule has 2 aromatic carbocycles. The minimum atomic E-state index is -4.58. The second-order valence-corrected chi connectivity index (χ2v) is 8.03. The number of carbonyl (C=O) groups excluding carboxylic acids is 2. The molecule has 2 heterocycles. The van der Waals surface area contributed by atoms with Gasteiger partial charge in [0.15, 0.2) is 5.69 Å². The van der Waals surface area contributed by atoms with E-state index in [9.17, 15) is 31.9 Å². The molecule has 0 unspecified atom stereocenters. The lowest BCUT2D eigenvalue weighted by atomic mass is 10.2. The van der Waals surface area contributed by atoms with E-state index in [1.54, 1.807) is 6.92 Å². The minimum Gasteiger partial charge on any atom is -0.461 e. The number of nitrogens with one attached hydrogen (secondary N) is 1. The van der Waals surface area contributed by atoms with Crippen LogP contribution in [0.4, 0.5) is 22.6 Å². The quantitative estimate of drug-likeness (QED) is 0.303. The predicted molar refractivity (Wildman–Crippen MR) is 121 cm³/mol. The smallest absolute Gasteiger partial charge is 0.416 e. The van der Waals surface area contributed by atoms with Crippen molar-refractivity contribution >= 4 is 39.0 Å². The molecule has 7 nitrogen and oxygen atoms in total. The molecule has 1 N–H and O–H groups in total. The zero-order valence-electron chi connectivity index (χ0n) is 17.9. The monoisotopic (exact) mass is 505 g/mol. The molecule has 0 aliphatic carbocycles. The molecular formula is C23H15F4N3O4S. The number of thiophene rings is 1. The van der Waals surface area contributed by atoms with E-state index in [4.69, 9.17) is 4.74 Å². The first-order valence-electron chi connectivity index (χ1n) is 10.1. The van der Waals surface area contributed by atoms with Gasteiger partial charge < -0.3 is 10.1 Å². The van der Waals surface area contributed by atoms with E-state index in [-0.39, 0.29) is 39.3 Å². The van der Waals surface area contributed by atoms with E-state index in [1.165, 1.54) is 17.5 Å². The zero-order valence-corrected chi connectivity index (χ0v) is 18.7. The number of nitrogens with zero attached hydrogens (tertiary/aromatic N) is 2. The standard InChI is InChI=1S/C23H15F4N3O4S/c1-2-34-22(33)18-16-11-35-20(28-19(31)12-4-3-5-14(24)10-12)17(16)21(32)30(29-18)15-8-6-13(7-9-15)23(25,26)27/h3-11H,2H2,1H3,(H,28,31). The van der Waals surface area contributed by atoms with E-state index < -0.39 is 35.0 Å². The highest BCUT2D eigenvalue weighted by atomic mass is 32.1. The third kappa shape index (κ3) is 4.78. The van der Waals surface area contributed by atoms with Gasteiger partial charge in [-0.25, -0.2) is 9.18 Å². The molecule has 0 saturated carbocycles. The molecule has 2 aromatic heterocycles. The molecule has 0 aliphatic rings. The van der Waals surface area contributed by atoms with Crippen molar-refractivity contribution in [2.75, 3.05) is 11.9 Å². The van der Waals surface area contributed by atoms with E-state index in [0.29, 0.717) is 0 Å². The van der Waals surface area contributed by atoms with Gasteiger partial charge in [0.05, 0.1) is 23.2 Å². The lowest BCUT2D eigenvalue weighted by molar-refractivity contribution is -0.137. The third-order valence-corrected chi connectivity index (χ3v) is 5.77. The molecule has 0 fully saturated rings. The Labute approximate surface area is 198 Å². The summed E-state index contributed by atoms with van der Waals surface area (Å²) in [6, 6.07) is 8.52. The highest BCUT2D eigenvalue weighted by molar-refractivity contribution is 7.16. The van der Waals surface area contributed by atoms with Crippen molar-refractivity contribution in [3.63, 3.8) is 0 Å². The highest BCUT2D eigenvalue weighted by Crippen LogP contribution is 2.32. The summed E-state index contributed by atoms with van der Waals surface area (Å²) < 4.78 is 58.2. The summed E-state index contributed by atoms with van der Waals surface area (Å²) in [7, 11) is 0. The summed E-state index contributed by atoms with van der Waals surface area (Å²) in [5.41, 5.74) is -2.02. The Bertz CT molecular complexity index is 1490. The van der Waals surface area contributed by atoms with Crippen molar-refractivity contribution in [2.45, 2.75) is 13.1 Å². The normalized spacial score (nSPS) is 11.5. The number of alkyl halides is 3. The molecule has 0 saturated heterocycles. The van der Waals surface area contributed by atoms with Gasteiger partial charge in [-0.15, -0.1) is 11.3 Å². The van der Waals surface area contributed by atoms with Crippen LogP contribution < -0.4 is 10.9 Å². The van der Waals surface area contributed by atoms with Gasteiger partial charge in [-0.3, -0.25) is 9.59 Å². The fourth-order valence-electron chi connectivity index (χ4n) is 3.26. The summed E-state index contributed by atoms with van der Waals surface area (Å²) in [4.78, 5) is 38.5. The van der Waals surface area contributed by atoms with Crippen molar-refractivity contribution in [1.82, 2.24) is 9.78 Å². The number of fused-ring (bicyclic) bond motifs is 1. The summed E-state index contributed by atoms with van der Waals surface area (Å²) in [6.45, 7) is 1.58. The number of anilines is 1. The summed E-state index contributed by atoms with van der Waals surface area (Å²) in [5, 5.41) is 8.03. The molecule has 0 atom stereocenters. The summed E-state index contributed by atoms with van der Waals surface area (Å²) in [5.74, 6) is -2.20. The molecule has 35 heavy (non-hydrogen) atoms. The molecule has 12 heteroatoms. The lowest BCUT2D eigenvalue weighted by Gasteiger charge is -2.11. The van der Waals surface area contributed by atoms with Crippen LogP contribution in [0.2, 0.25) is 0 Å². The van der Waals surface area contributed by atoms with E-state index in [0.717, 1.165) is 52.4 Å². The van der Waals surface area contributed by atoms with Crippen molar-refractivity contribution in [3.8, 4) is 5.69 Å². The van der Waals surface area contributed by atoms with E-state index >= 15 is 0 Å². The van der Waals surface area contributed by atoms with Gasteiger partial charge in [-0.1, -0.05) is 6.07 Å². The van der Waals surface area contributed by atoms with Crippen LogP contribution in [0.5, 0.6) is 0 Å². The number of rotatable bonds is 5. The molecule has 0 spiro atoms. The largest absolute Gasteiger partial charge is 0.461 e. The predicted octanol–water partition coefficient (Wildman–Crippen LogP) is 5.03. The van der Waals surface area contributed by atoms with Crippen molar-refractivity contribution < 1.29 is 31.9 Å². The Kier molecular flexibility index (Phi) is 6.39. The van der Waals surface area contributed by atoms with Crippen LogP contribution in [-0.2, 0) is 10.9 Å². The maximum absolute atomic E-state index is 13.5. The minimum absolute atomic E-state index is 0.00529. The lowest BCUT2D eigenvalue weighted by Crippen LogP contribution is -2.25. The van der Waals surface area contributed by atoms with Crippen LogP contribution in [0.1, 0.15) is 33.3 Å². The topological polar surface area (TPSA) is 90.3 Å². The fraction of sp³-hybridized carbons (Fsp3) is 0.130. The van der Waals surface area contributed by atoms with Crippen LogP contribution in [0.25, 0.3) is 16.5 Å². The number of aromatic nitrogens is 2. The number of amides is 1. The first-order valence-corrected chi connectivity index (χ1v) is 10.9. The Balaban J connectivity index is 1.86. The zero-order chi connectivity index (χ0) is 25.3. The van der Waals surface area contributed by atoms with Gasteiger partial charge in [0, 0.05) is 16.3 Å². The van der Waals surface area contributed by atoms with E-state index in [2.05, 4.69) is 10.4 Å². The number of hydrogen-bond donors (Lipinski definition) is 1. The number of benzene rings is 2. The van der Waals surface area contributed by atoms with Crippen molar-refractivity contribution in [3.05, 3.63) is 86.9 Å². The van der Waals surface area contributed by atoms with E-state index in [1.807, 2.05) is 0 Å². The molecule has 0 aliphatic heterocycles. The van der Waals surface area contributed by atoms with Gasteiger partial charge in [0.1, 0.15) is 10.8 Å². The second-order valence-electron chi connectivity index (χ2n) is 7.15. The van der Waals surface area contributed by atoms with Crippen LogP contribution in [0, 0.1) is 5.82 Å². The number of carbonyl (C=O) groups is 2. The maximum atomic E-state index is 13.5. The average molecular weight is 505 g/mol. The van der Waals surface area contributed by atoms with Gasteiger partial charge in [-0.05, 0) is 49.4 Å². The molecule has 4 aromatic rings. The van der Waals surface area contributed by atoms with Crippen LogP contribution in [0.15, 0.2) is 58.7 Å². The molecule has 180 valence electrons. The number of esters is 1. The maximum Gasteiger partial charge on any atom is 0.416 e. The third-order valence-electron chi connectivity index (χ3n) is 4.87. The Morgan fingerprint density at radius 1 is 1.14 bits per heavy atom. The molecule has 4 rings (SSSR count). The van der Waals surface area contributed by atoms with Gasteiger partial charge in [0.2, 0.25) is 0 Å². The fourth-order valence-corrected chi connectivity index (χ4v) is 4.20. The van der Waals surface area contributed by atoms with Crippen LogP contribution in [-0.4, -0.2) is 28.3 Å². The van der Waals surface area contributed by atoms with Crippen LogP contribution in [0.3, 0.4) is 0 Å². The van der Waals surface area contributed by atoms with Gasteiger partial charge in [-0.2, -0.15) is 23.0 Å². The SMILES string of the molecule is CCOC(=O)c1nn(-c2ccc(C(F)(F)F)cc2)c(=O)c2c(NC(=O)c3cccc(F)c3)scc12. The van der Waals surface area contributed by atoms with Crippen molar-refractivity contribution in [2.24, 2.45) is 0 Å². The second kappa shape index (κ2) is 9.29. The molecule has 0 radical (unpaired) electrons. The summed E-state index contributed by atoms with van der Waals surface area (Å²) >= 11 is 0.928. The highest BCUT2D eigenvalue weighted by Gasteiger charge is 2.30. The van der Waals surface area contributed by atoms with Gasteiger partial charge >= 0.3 is 12.1 Å². The number of ether oxygens (including phenoxy) is 1. The average Bonchev–Trinajstić information content (AvgIpc) is 3.23.